The predicted octanol–water partition coefficient (Wildman–Crippen LogP) is 5.84. The van der Waals surface area contributed by atoms with Crippen molar-refractivity contribution in [2.24, 2.45) is 0 Å². The van der Waals surface area contributed by atoms with Crippen molar-refractivity contribution in [3.8, 4) is 11.5 Å². The summed E-state index contributed by atoms with van der Waals surface area (Å²) in [7, 11) is 0. The van der Waals surface area contributed by atoms with Gasteiger partial charge in [0.05, 0.1) is 6.61 Å². The molecule has 4 nitrogen and oxygen atoms in total. The lowest BCUT2D eigenvalue weighted by atomic mass is 10.1. The van der Waals surface area contributed by atoms with Crippen LogP contribution in [-0.2, 0) is 6.61 Å². The van der Waals surface area contributed by atoms with Crippen LogP contribution in [0.2, 0.25) is 0 Å². The standard InChI is InChI=1S/C25H27NO3/c1-5-28-24-13-11-20(25(27)26-22-12-10-17(2)19(4)14-22)15-21(24)16-29-23-9-7-6-8-18(23)3/h6-15H,5,16H2,1-4H3,(H,26,27). The maximum atomic E-state index is 12.8. The number of anilines is 1. The summed E-state index contributed by atoms with van der Waals surface area (Å²) in [6.07, 6.45) is 0. The summed E-state index contributed by atoms with van der Waals surface area (Å²) in [4.78, 5) is 12.8. The second-order valence-electron chi connectivity index (χ2n) is 7.06. The zero-order valence-corrected chi connectivity index (χ0v) is 17.4. The van der Waals surface area contributed by atoms with Crippen LogP contribution < -0.4 is 14.8 Å². The van der Waals surface area contributed by atoms with Gasteiger partial charge in [0, 0.05) is 16.8 Å². The minimum Gasteiger partial charge on any atom is -0.493 e. The molecule has 1 N–H and O–H groups in total. The number of carbonyl (C=O) groups excluding carboxylic acids is 1. The number of rotatable bonds is 7. The molecular weight excluding hydrogens is 362 g/mol. The monoisotopic (exact) mass is 389 g/mol. The molecule has 3 aromatic rings. The molecule has 150 valence electrons. The smallest absolute Gasteiger partial charge is 0.255 e. The van der Waals surface area contributed by atoms with Crippen molar-refractivity contribution < 1.29 is 14.3 Å². The third kappa shape index (κ3) is 5.17. The lowest BCUT2D eigenvalue weighted by molar-refractivity contribution is 0.102. The van der Waals surface area contributed by atoms with Gasteiger partial charge in [-0.3, -0.25) is 4.79 Å². The summed E-state index contributed by atoms with van der Waals surface area (Å²) in [5.41, 5.74) is 5.58. The normalized spacial score (nSPS) is 10.5. The van der Waals surface area contributed by atoms with E-state index in [4.69, 9.17) is 9.47 Å². The molecule has 0 fully saturated rings. The molecule has 3 rings (SSSR count). The van der Waals surface area contributed by atoms with Gasteiger partial charge in [0.1, 0.15) is 18.1 Å². The van der Waals surface area contributed by atoms with Gasteiger partial charge in [0.25, 0.3) is 5.91 Å². The average molecular weight is 389 g/mol. The Labute approximate surface area is 172 Å². The molecule has 0 aliphatic heterocycles. The van der Waals surface area contributed by atoms with Crippen LogP contribution in [0.4, 0.5) is 5.69 Å². The van der Waals surface area contributed by atoms with E-state index in [-0.39, 0.29) is 5.91 Å². The molecule has 0 heterocycles. The molecule has 4 heteroatoms. The van der Waals surface area contributed by atoms with Crippen LogP contribution in [-0.4, -0.2) is 12.5 Å². The first-order valence-electron chi connectivity index (χ1n) is 9.80. The Morgan fingerprint density at radius 2 is 1.62 bits per heavy atom. The van der Waals surface area contributed by atoms with Crippen molar-refractivity contribution in [3.05, 3.63) is 88.5 Å². The third-order valence-electron chi connectivity index (χ3n) is 4.86. The number of carbonyl (C=O) groups is 1. The molecular formula is C25H27NO3. The Balaban J connectivity index is 1.80. The van der Waals surface area contributed by atoms with Gasteiger partial charge in [-0.05, 0) is 80.8 Å². The molecule has 0 atom stereocenters. The Morgan fingerprint density at radius 1 is 0.828 bits per heavy atom. The van der Waals surface area contributed by atoms with Crippen molar-refractivity contribution in [2.45, 2.75) is 34.3 Å². The van der Waals surface area contributed by atoms with Gasteiger partial charge in [-0.1, -0.05) is 24.3 Å². The van der Waals surface area contributed by atoms with Gasteiger partial charge in [-0.2, -0.15) is 0 Å². The highest BCUT2D eigenvalue weighted by Gasteiger charge is 2.12. The largest absolute Gasteiger partial charge is 0.493 e. The predicted molar refractivity (Wildman–Crippen MR) is 117 cm³/mol. The molecule has 0 saturated heterocycles. The fourth-order valence-corrected chi connectivity index (χ4v) is 3.03. The Morgan fingerprint density at radius 3 is 2.34 bits per heavy atom. The summed E-state index contributed by atoms with van der Waals surface area (Å²) >= 11 is 0. The molecule has 1 amide bonds. The summed E-state index contributed by atoms with van der Waals surface area (Å²) in [5.74, 6) is 1.39. The first-order chi connectivity index (χ1) is 14.0. The van der Waals surface area contributed by atoms with Crippen LogP contribution in [0.15, 0.2) is 60.7 Å². The Bertz CT molecular complexity index is 1010. The average Bonchev–Trinajstić information content (AvgIpc) is 2.71. The number of amides is 1. The minimum absolute atomic E-state index is 0.159. The van der Waals surface area contributed by atoms with Gasteiger partial charge in [0.15, 0.2) is 0 Å². The minimum atomic E-state index is -0.159. The fraction of sp³-hybridized carbons (Fsp3) is 0.240. The summed E-state index contributed by atoms with van der Waals surface area (Å²) in [6, 6.07) is 19.2. The highest BCUT2D eigenvalue weighted by molar-refractivity contribution is 6.04. The van der Waals surface area contributed by atoms with Crippen molar-refractivity contribution >= 4 is 11.6 Å². The highest BCUT2D eigenvalue weighted by Crippen LogP contribution is 2.25. The van der Waals surface area contributed by atoms with E-state index >= 15 is 0 Å². The first kappa shape index (κ1) is 20.5. The summed E-state index contributed by atoms with van der Waals surface area (Å²) in [5, 5.41) is 2.97. The maximum Gasteiger partial charge on any atom is 0.255 e. The quantitative estimate of drug-likeness (QED) is 0.552. The molecule has 0 aliphatic carbocycles. The second kappa shape index (κ2) is 9.28. The molecule has 0 aromatic heterocycles. The lowest BCUT2D eigenvalue weighted by Crippen LogP contribution is -2.13. The summed E-state index contributed by atoms with van der Waals surface area (Å²) in [6.45, 7) is 8.89. The number of hydrogen-bond acceptors (Lipinski definition) is 3. The van der Waals surface area contributed by atoms with Crippen molar-refractivity contribution in [1.29, 1.82) is 0 Å². The van der Waals surface area contributed by atoms with Crippen molar-refractivity contribution in [1.82, 2.24) is 0 Å². The van der Waals surface area contributed by atoms with Gasteiger partial charge in [-0.25, -0.2) is 0 Å². The third-order valence-corrected chi connectivity index (χ3v) is 4.86. The molecule has 0 spiro atoms. The SMILES string of the molecule is CCOc1ccc(C(=O)Nc2ccc(C)c(C)c2)cc1COc1ccccc1C. The van der Waals surface area contributed by atoms with E-state index in [2.05, 4.69) is 5.32 Å². The summed E-state index contributed by atoms with van der Waals surface area (Å²) < 4.78 is 11.7. The van der Waals surface area contributed by atoms with Crippen LogP contribution in [0.25, 0.3) is 0 Å². The zero-order chi connectivity index (χ0) is 20.8. The fourth-order valence-electron chi connectivity index (χ4n) is 3.03. The van der Waals surface area contributed by atoms with Gasteiger partial charge >= 0.3 is 0 Å². The van der Waals surface area contributed by atoms with E-state index in [0.29, 0.717) is 18.8 Å². The number of hydrogen-bond donors (Lipinski definition) is 1. The number of aryl methyl sites for hydroxylation is 3. The topological polar surface area (TPSA) is 47.6 Å². The van der Waals surface area contributed by atoms with Crippen molar-refractivity contribution in [3.63, 3.8) is 0 Å². The Hall–Kier alpha value is -3.27. The molecule has 0 aliphatic rings. The van der Waals surface area contributed by atoms with E-state index in [0.717, 1.165) is 33.9 Å². The van der Waals surface area contributed by atoms with Gasteiger partial charge < -0.3 is 14.8 Å². The molecule has 0 radical (unpaired) electrons. The first-order valence-corrected chi connectivity index (χ1v) is 9.80. The number of para-hydroxylation sites is 1. The lowest BCUT2D eigenvalue weighted by Gasteiger charge is -2.14. The van der Waals surface area contributed by atoms with E-state index < -0.39 is 0 Å². The molecule has 29 heavy (non-hydrogen) atoms. The second-order valence-corrected chi connectivity index (χ2v) is 7.06. The number of benzene rings is 3. The molecule has 0 unspecified atom stereocenters. The van der Waals surface area contributed by atoms with Crippen LogP contribution in [0.5, 0.6) is 11.5 Å². The number of nitrogens with one attached hydrogen (secondary N) is 1. The van der Waals surface area contributed by atoms with E-state index in [1.54, 1.807) is 6.07 Å². The highest BCUT2D eigenvalue weighted by atomic mass is 16.5. The zero-order valence-electron chi connectivity index (χ0n) is 17.4. The molecule has 3 aromatic carbocycles. The van der Waals surface area contributed by atoms with Crippen LogP contribution in [0.1, 0.15) is 39.5 Å². The van der Waals surface area contributed by atoms with Gasteiger partial charge in [0.2, 0.25) is 0 Å². The van der Waals surface area contributed by atoms with E-state index in [9.17, 15) is 4.79 Å². The van der Waals surface area contributed by atoms with Crippen molar-refractivity contribution in [2.75, 3.05) is 11.9 Å². The van der Waals surface area contributed by atoms with Crippen LogP contribution in [0, 0.1) is 20.8 Å². The molecule has 0 bridgehead atoms. The van der Waals surface area contributed by atoms with Crippen LogP contribution in [0.3, 0.4) is 0 Å². The van der Waals surface area contributed by atoms with Gasteiger partial charge in [-0.15, -0.1) is 0 Å². The molecule has 0 saturated carbocycles. The Kier molecular flexibility index (Phi) is 6.55. The van der Waals surface area contributed by atoms with E-state index in [1.165, 1.54) is 5.56 Å². The van der Waals surface area contributed by atoms with E-state index in [1.807, 2.05) is 82.3 Å². The number of ether oxygens (including phenoxy) is 2. The van der Waals surface area contributed by atoms with Crippen LogP contribution >= 0.6 is 0 Å². The maximum absolute atomic E-state index is 12.8.